The highest BCUT2D eigenvalue weighted by Crippen LogP contribution is 2.28. The van der Waals surface area contributed by atoms with Crippen LogP contribution < -0.4 is 5.73 Å². The van der Waals surface area contributed by atoms with Crippen LogP contribution in [0.1, 0.15) is 11.3 Å². The predicted molar refractivity (Wildman–Crippen MR) is 70.0 cm³/mol. The van der Waals surface area contributed by atoms with E-state index in [1.807, 2.05) is 16.8 Å². The number of nitrogens with two attached hydrogens (primary N) is 1. The number of benzene rings is 1. The minimum Gasteiger partial charge on any atom is -0.333 e. The summed E-state index contributed by atoms with van der Waals surface area (Å²) in [5, 5.41) is 10.8. The van der Waals surface area contributed by atoms with Gasteiger partial charge in [-0.05, 0) is 21.5 Å². The van der Waals surface area contributed by atoms with Gasteiger partial charge in [0.05, 0.1) is 16.9 Å². The molecule has 0 radical (unpaired) electrons. The van der Waals surface area contributed by atoms with Gasteiger partial charge in [0.1, 0.15) is 4.47 Å². The van der Waals surface area contributed by atoms with Crippen LogP contribution in [-0.2, 0) is 13.1 Å². The molecule has 0 saturated heterocycles. The number of aromatic nitrogens is 2. The van der Waals surface area contributed by atoms with Crippen molar-refractivity contribution >= 4 is 21.6 Å². The summed E-state index contributed by atoms with van der Waals surface area (Å²) < 4.78 is 2.34. The molecule has 94 valence electrons. The maximum absolute atomic E-state index is 10.8. The van der Waals surface area contributed by atoms with Gasteiger partial charge in [0.25, 0.3) is 5.69 Å². The minimum atomic E-state index is -0.410. The molecule has 0 spiro atoms. The van der Waals surface area contributed by atoms with Gasteiger partial charge in [-0.25, -0.2) is 4.98 Å². The molecule has 0 atom stereocenters. The van der Waals surface area contributed by atoms with Crippen molar-refractivity contribution in [1.82, 2.24) is 9.55 Å². The lowest BCUT2D eigenvalue weighted by molar-refractivity contribution is -0.385. The van der Waals surface area contributed by atoms with Crippen LogP contribution in [0.4, 0.5) is 5.69 Å². The van der Waals surface area contributed by atoms with Crippen molar-refractivity contribution in [2.45, 2.75) is 13.1 Å². The Hall–Kier alpha value is -1.73. The zero-order valence-corrected chi connectivity index (χ0v) is 11.0. The average molecular weight is 311 g/mol. The first-order valence-electron chi connectivity index (χ1n) is 5.24. The van der Waals surface area contributed by atoms with E-state index in [9.17, 15) is 10.1 Å². The summed E-state index contributed by atoms with van der Waals surface area (Å²) in [6.45, 7) is 0.887. The topological polar surface area (TPSA) is 87.0 Å². The molecule has 6 nitrogen and oxygen atoms in total. The summed E-state index contributed by atoms with van der Waals surface area (Å²) in [6.07, 6.45) is 3.48. The summed E-state index contributed by atoms with van der Waals surface area (Å²) in [4.78, 5) is 14.5. The van der Waals surface area contributed by atoms with Crippen LogP contribution in [0.15, 0.2) is 35.2 Å². The Morgan fingerprint density at radius 3 is 2.89 bits per heavy atom. The van der Waals surface area contributed by atoms with Crippen molar-refractivity contribution in [2.24, 2.45) is 5.73 Å². The first-order valence-corrected chi connectivity index (χ1v) is 6.03. The van der Waals surface area contributed by atoms with E-state index in [1.54, 1.807) is 12.4 Å². The van der Waals surface area contributed by atoms with Gasteiger partial charge in [-0.3, -0.25) is 10.1 Å². The number of nitro groups is 1. The van der Waals surface area contributed by atoms with Crippen molar-refractivity contribution in [3.63, 3.8) is 0 Å². The summed E-state index contributed by atoms with van der Waals surface area (Å²) in [5.41, 5.74) is 7.15. The highest BCUT2D eigenvalue weighted by atomic mass is 79.9. The van der Waals surface area contributed by atoms with Crippen molar-refractivity contribution in [1.29, 1.82) is 0 Å². The van der Waals surface area contributed by atoms with Gasteiger partial charge in [-0.1, -0.05) is 12.1 Å². The number of imidazole rings is 1. The van der Waals surface area contributed by atoms with Crippen molar-refractivity contribution in [3.8, 4) is 0 Å². The maximum atomic E-state index is 10.8. The molecule has 2 rings (SSSR count). The number of rotatable bonds is 4. The van der Waals surface area contributed by atoms with Gasteiger partial charge in [0.2, 0.25) is 0 Å². The molecule has 0 aliphatic carbocycles. The highest BCUT2D eigenvalue weighted by molar-refractivity contribution is 9.10. The maximum Gasteiger partial charge on any atom is 0.283 e. The van der Waals surface area contributed by atoms with Gasteiger partial charge in [0, 0.05) is 25.4 Å². The second-order valence-electron chi connectivity index (χ2n) is 3.75. The SMILES string of the molecule is NCc1cn(Cc2cccc([N+](=O)[O-])c2Br)cn1. The van der Waals surface area contributed by atoms with Gasteiger partial charge in [-0.2, -0.15) is 0 Å². The molecule has 2 aromatic rings. The lowest BCUT2D eigenvalue weighted by Crippen LogP contribution is -2.00. The van der Waals surface area contributed by atoms with E-state index >= 15 is 0 Å². The predicted octanol–water partition coefficient (Wildman–Crippen LogP) is 2.06. The van der Waals surface area contributed by atoms with Crippen LogP contribution in [-0.4, -0.2) is 14.5 Å². The third-order valence-electron chi connectivity index (χ3n) is 2.50. The fourth-order valence-corrected chi connectivity index (χ4v) is 2.16. The van der Waals surface area contributed by atoms with Crippen LogP contribution in [0, 0.1) is 10.1 Å². The Kier molecular flexibility index (Phi) is 3.73. The lowest BCUT2D eigenvalue weighted by Gasteiger charge is -2.05. The minimum absolute atomic E-state index is 0.0617. The Balaban J connectivity index is 2.29. The Morgan fingerprint density at radius 2 is 2.28 bits per heavy atom. The van der Waals surface area contributed by atoms with E-state index in [0.29, 0.717) is 17.6 Å². The molecular formula is C11H11BrN4O2. The summed E-state index contributed by atoms with van der Waals surface area (Å²) in [7, 11) is 0. The van der Waals surface area contributed by atoms with E-state index in [1.165, 1.54) is 6.07 Å². The molecular weight excluding hydrogens is 300 g/mol. The molecule has 2 N–H and O–H groups in total. The molecule has 1 aromatic heterocycles. The van der Waals surface area contributed by atoms with Crippen molar-refractivity contribution in [2.75, 3.05) is 0 Å². The lowest BCUT2D eigenvalue weighted by atomic mass is 10.2. The summed E-state index contributed by atoms with van der Waals surface area (Å²) in [5.74, 6) is 0. The second kappa shape index (κ2) is 5.28. The number of hydrogen-bond acceptors (Lipinski definition) is 4. The zero-order valence-electron chi connectivity index (χ0n) is 9.41. The average Bonchev–Trinajstić information content (AvgIpc) is 2.79. The molecule has 0 aliphatic rings. The molecule has 1 heterocycles. The van der Waals surface area contributed by atoms with Crippen LogP contribution in [0.5, 0.6) is 0 Å². The van der Waals surface area contributed by atoms with E-state index in [0.717, 1.165) is 11.3 Å². The molecule has 18 heavy (non-hydrogen) atoms. The Morgan fingerprint density at radius 1 is 1.50 bits per heavy atom. The molecule has 1 aromatic carbocycles. The standard InChI is InChI=1S/C11H11BrN4O2/c12-11-8(2-1-3-10(11)16(17)18)5-15-6-9(4-13)14-7-15/h1-3,6-7H,4-5,13H2. The van der Waals surface area contributed by atoms with Gasteiger partial charge in [0.15, 0.2) is 0 Å². The summed E-state index contributed by atoms with van der Waals surface area (Å²) in [6, 6.07) is 4.96. The summed E-state index contributed by atoms with van der Waals surface area (Å²) >= 11 is 3.26. The third-order valence-corrected chi connectivity index (χ3v) is 3.42. The smallest absolute Gasteiger partial charge is 0.283 e. The van der Waals surface area contributed by atoms with Crippen molar-refractivity contribution in [3.05, 3.63) is 56.6 Å². The Labute approximate surface area is 112 Å². The number of hydrogen-bond donors (Lipinski definition) is 1. The number of nitro benzene ring substituents is 1. The second-order valence-corrected chi connectivity index (χ2v) is 4.54. The fraction of sp³-hybridized carbons (Fsp3) is 0.182. The van der Waals surface area contributed by atoms with Crippen LogP contribution in [0.2, 0.25) is 0 Å². The third kappa shape index (κ3) is 2.57. The van der Waals surface area contributed by atoms with Crippen molar-refractivity contribution < 1.29 is 4.92 Å². The Bertz CT molecular complexity index is 582. The number of nitrogens with zero attached hydrogens (tertiary/aromatic N) is 3. The van der Waals surface area contributed by atoms with E-state index in [-0.39, 0.29) is 5.69 Å². The normalized spacial score (nSPS) is 10.6. The van der Waals surface area contributed by atoms with E-state index in [4.69, 9.17) is 5.73 Å². The van der Waals surface area contributed by atoms with Crippen LogP contribution in [0.25, 0.3) is 0 Å². The first kappa shape index (κ1) is 12.7. The van der Waals surface area contributed by atoms with E-state index in [2.05, 4.69) is 20.9 Å². The van der Waals surface area contributed by atoms with Gasteiger partial charge >= 0.3 is 0 Å². The monoisotopic (exact) mass is 310 g/mol. The quantitative estimate of drug-likeness (QED) is 0.691. The highest BCUT2D eigenvalue weighted by Gasteiger charge is 2.14. The molecule has 0 saturated carbocycles. The number of halogens is 1. The molecule has 0 aliphatic heterocycles. The molecule has 0 fully saturated rings. The van der Waals surface area contributed by atoms with Crippen LogP contribution in [0.3, 0.4) is 0 Å². The molecule has 0 unspecified atom stereocenters. The van der Waals surface area contributed by atoms with Crippen LogP contribution >= 0.6 is 15.9 Å². The van der Waals surface area contributed by atoms with Gasteiger partial charge in [-0.15, -0.1) is 0 Å². The molecule has 0 amide bonds. The van der Waals surface area contributed by atoms with E-state index < -0.39 is 4.92 Å². The fourth-order valence-electron chi connectivity index (χ4n) is 1.62. The van der Waals surface area contributed by atoms with Gasteiger partial charge < -0.3 is 10.3 Å². The largest absolute Gasteiger partial charge is 0.333 e. The molecule has 7 heteroatoms. The zero-order chi connectivity index (χ0) is 13.1. The molecule has 0 bridgehead atoms. The first-order chi connectivity index (χ1) is 8.61.